The van der Waals surface area contributed by atoms with Crippen LogP contribution in [0.15, 0.2) is 0 Å². The van der Waals surface area contributed by atoms with Crippen LogP contribution in [0.5, 0.6) is 0 Å². The first-order valence-corrected chi connectivity index (χ1v) is 5.51. The van der Waals surface area contributed by atoms with Crippen LogP contribution in [0.4, 0.5) is 5.82 Å². The standard InChI is InChI=1S/C10H16N6O/c1-4-7(5-17-3)16-10-8(14-15-16)9(11)12-6(2)13-10/h7H,4-5H2,1-3H3,(H2,11,12,13). The van der Waals surface area contributed by atoms with Crippen LogP contribution in [0, 0.1) is 6.92 Å². The lowest BCUT2D eigenvalue weighted by Crippen LogP contribution is -2.16. The Morgan fingerprint density at radius 1 is 1.41 bits per heavy atom. The Kier molecular flexibility index (Phi) is 3.19. The Labute approximate surface area is 99.0 Å². The average Bonchev–Trinajstić information content (AvgIpc) is 2.69. The number of nitrogen functional groups attached to an aromatic ring is 1. The molecular formula is C10H16N6O. The smallest absolute Gasteiger partial charge is 0.184 e. The zero-order valence-corrected chi connectivity index (χ0v) is 10.2. The molecule has 7 heteroatoms. The monoisotopic (exact) mass is 236 g/mol. The second kappa shape index (κ2) is 4.62. The lowest BCUT2D eigenvalue weighted by atomic mass is 10.2. The summed E-state index contributed by atoms with van der Waals surface area (Å²) in [6, 6.07) is 0.110. The van der Waals surface area contributed by atoms with Gasteiger partial charge in [-0.3, -0.25) is 0 Å². The molecule has 2 aromatic rings. The summed E-state index contributed by atoms with van der Waals surface area (Å²) in [5.74, 6) is 0.983. The minimum absolute atomic E-state index is 0.110. The lowest BCUT2D eigenvalue weighted by Gasteiger charge is -2.13. The fourth-order valence-electron chi connectivity index (χ4n) is 1.76. The molecule has 1 unspecified atom stereocenters. The number of methoxy groups -OCH3 is 1. The van der Waals surface area contributed by atoms with Gasteiger partial charge in [0.2, 0.25) is 0 Å². The molecule has 0 amide bonds. The van der Waals surface area contributed by atoms with E-state index in [4.69, 9.17) is 10.5 Å². The number of ether oxygens (including phenoxy) is 1. The van der Waals surface area contributed by atoms with Crippen LogP contribution in [-0.2, 0) is 4.74 Å². The maximum Gasteiger partial charge on any atom is 0.184 e. The van der Waals surface area contributed by atoms with Crippen molar-refractivity contribution in [1.29, 1.82) is 0 Å². The molecule has 0 aliphatic heterocycles. The third-order valence-corrected chi connectivity index (χ3v) is 2.64. The van der Waals surface area contributed by atoms with Gasteiger partial charge in [0.05, 0.1) is 12.6 Å². The topological polar surface area (TPSA) is 91.7 Å². The van der Waals surface area contributed by atoms with Gasteiger partial charge in [0.25, 0.3) is 0 Å². The minimum atomic E-state index is 0.110. The van der Waals surface area contributed by atoms with Crippen molar-refractivity contribution in [3.8, 4) is 0 Å². The zero-order valence-electron chi connectivity index (χ0n) is 10.2. The highest BCUT2D eigenvalue weighted by Gasteiger charge is 2.17. The zero-order chi connectivity index (χ0) is 12.4. The molecule has 0 saturated carbocycles. The fourth-order valence-corrected chi connectivity index (χ4v) is 1.76. The third-order valence-electron chi connectivity index (χ3n) is 2.64. The van der Waals surface area contributed by atoms with Crippen LogP contribution in [0.25, 0.3) is 11.2 Å². The highest BCUT2D eigenvalue weighted by atomic mass is 16.5. The number of nitrogens with two attached hydrogens (primary N) is 1. The van der Waals surface area contributed by atoms with Gasteiger partial charge < -0.3 is 10.5 Å². The van der Waals surface area contributed by atoms with Gasteiger partial charge in [0.1, 0.15) is 5.82 Å². The second-order valence-electron chi connectivity index (χ2n) is 3.88. The molecule has 7 nitrogen and oxygen atoms in total. The molecule has 0 bridgehead atoms. The summed E-state index contributed by atoms with van der Waals surface area (Å²) in [6.45, 7) is 4.43. The largest absolute Gasteiger partial charge is 0.382 e. The summed E-state index contributed by atoms with van der Waals surface area (Å²) in [4.78, 5) is 8.40. The summed E-state index contributed by atoms with van der Waals surface area (Å²) in [6.07, 6.45) is 0.884. The van der Waals surface area contributed by atoms with Gasteiger partial charge in [-0.1, -0.05) is 12.1 Å². The van der Waals surface area contributed by atoms with Gasteiger partial charge in [-0.2, -0.15) is 0 Å². The molecule has 2 heterocycles. The van der Waals surface area contributed by atoms with Crippen molar-refractivity contribution in [2.45, 2.75) is 26.3 Å². The van der Waals surface area contributed by atoms with E-state index in [1.54, 1.807) is 18.7 Å². The summed E-state index contributed by atoms with van der Waals surface area (Å²) in [5, 5.41) is 8.11. The van der Waals surface area contributed by atoms with Crippen molar-refractivity contribution >= 4 is 17.0 Å². The SMILES string of the molecule is CCC(COC)n1nnc2c(N)nc(C)nc21. The highest BCUT2D eigenvalue weighted by Crippen LogP contribution is 2.19. The van der Waals surface area contributed by atoms with E-state index in [1.807, 2.05) is 0 Å². The van der Waals surface area contributed by atoms with Crippen LogP contribution < -0.4 is 5.73 Å². The van der Waals surface area contributed by atoms with E-state index in [0.717, 1.165) is 6.42 Å². The second-order valence-corrected chi connectivity index (χ2v) is 3.88. The first-order chi connectivity index (χ1) is 8.17. The van der Waals surface area contributed by atoms with Gasteiger partial charge in [0, 0.05) is 7.11 Å². The third kappa shape index (κ3) is 2.05. The molecule has 2 N–H and O–H groups in total. The molecule has 0 aromatic carbocycles. The molecule has 17 heavy (non-hydrogen) atoms. The number of fused-ring (bicyclic) bond motifs is 1. The summed E-state index contributed by atoms with van der Waals surface area (Å²) >= 11 is 0. The fraction of sp³-hybridized carbons (Fsp3) is 0.600. The molecule has 2 rings (SSSR count). The molecule has 0 fully saturated rings. The summed E-state index contributed by atoms with van der Waals surface area (Å²) < 4.78 is 6.92. The van der Waals surface area contributed by atoms with Gasteiger partial charge in [0.15, 0.2) is 17.0 Å². The van der Waals surface area contributed by atoms with Crippen molar-refractivity contribution in [2.24, 2.45) is 0 Å². The predicted molar refractivity (Wildman–Crippen MR) is 63.5 cm³/mol. The Morgan fingerprint density at radius 3 is 2.82 bits per heavy atom. The number of aryl methyl sites for hydroxylation is 1. The number of hydrogen-bond donors (Lipinski definition) is 1. The predicted octanol–water partition coefficient (Wildman–Crippen LogP) is 0.709. The minimum Gasteiger partial charge on any atom is -0.382 e. The van der Waals surface area contributed by atoms with Crippen LogP contribution >= 0.6 is 0 Å². The summed E-state index contributed by atoms with van der Waals surface area (Å²) in [5.41, 5.74) is 7.00. The Balaban J connectivity index is 2.54. The number of hydrogen-bond acceptors (Lipinski definition) is 6. The Morgan fingerprint density at radius 2 is 2.18 bits per heavy atom. The summed E-state index contributed by atoms with van der Waals surface area (Å²) in [7, 11) is 1.66. The first kappa shape index (κ1) is 11.7. The van der Waals surface area contributed by atoms with Crippen LogP contribution in [0.3, 0.4) is 0 Å². The number of aromatic nitrogens is 5. The highest BCUT2D eigenvalue weighted by molar-refractivity contribution is 5.80. The maximum absolute atomic E-state index is 5.79. The molecule has 1 atom stereocenters. The molecule has 2 aromatic heterocycles. The van der Waals surface area contributed by atoms with E-state index in [0.29, 0.717) is 29.4 Å². The van der Waals surface area contributed by atoms with Crippen molar-refractivity contribution in [3.05, 3.63) is 5.82 Å². The number of rotatable bonds is 4. The normalized spacial score (nSPS) is 13.1. The lowest BCUT2D eigenvalue weighted by molar-refractivity contribution is 0.148. The van der Waals surface area contributed by atoms with Crippen LogP contribution in [0.1, 0.15) is 25.2 Å². The van der Waals surface area contributed by atoms with Gasteiger partial charge in [-0.05, 0) is 13.3 Å². The average molecular weight is 236 g/mol. The van der Waals surface area contributed by atoms with E-state index in [2.05, 4.69) is 27.2 Å². The first-order valence-electron chi connectivity index (χ1n) is 5.51. The molecule has 92 valence electrons. The molecule has 0 aliphatic carbocycles. The van der Waals surface area contributed by atoms with Crippen molar-refractivity contribution < 1.29 is 4.74 Å². The molecule has 0 saturated heterocycles. The van der Waals surface area contributed by atoms with E-state index < -0.39 is 0 Å². The van der Waals surface area contributed by atoms with Gasteiger partial charge in [-0.25, -0.2) is 14.6 Å². The van der Waals surface area contributed by atoms with Crippen molar-refractivity contribution in [2.75, 3.05) is 19.5 Å². The Hall–Kier alpha value is -1.76. The number of nitrogens with zero attached hydrogens (tertiary/aromatic N) is 5. The van der Waals surface area contributed by atoms with E-state index in [-0.39, 0.29) is 6.04 Å². The quantitative estimate of drug-likeness (QED) is 0.840. The van der Waals surface area contributed by atoms with E-state index in [9.17, 15) is 0 Å². The molecule has 0 spiro atoms. The van der Waals surface area contributed by atoms with E-state index >= 15 is 0 Å². The van der Waals surface area contributed by atoms with Crippen molar-refractivity contribution in [1.82, 2.24) is 25.0 Å². The van der Waals surface area contributed by atoms with Gasteiger partial charge in [-0.15, -0.1) is 5.10 Å². The van der Waals surface area contributed by atoms with Crippen LogP contribution in [0.2, 0.25) is 0 Å². The molecular weight excluding hydrogens is 220 g/mol. The molecule has 0 radical (unpaired) electrons. The maximum atomic E-state index is 5.79. The van der Waals surface area contributed by atoms with Crippen molar-refractivity contribution in [3.63, 3.8) is 0 Å². The van der Waals surface area contributed by atoms with Gasteiger partial charge >= 0.3 is 0 Å². The molecule has 0 aliphatic rings. The Bertz CT molecular complexity index is 523. The van der Waals surface area contributed by atoms with Crippen LogP contribution in [-0.4, -0.2) is 38.7 Å². The van der Waals surface area contributed by atoms with E-state index in [1.165, 1.54) is 0 Å². The number of anilines is 1.